The minimum Gasteiger partial charge on any atom is -0.475 e. The van der Waals surface area contributed by atoms with Gasteiger partial charge in [0.25, 0.3) is 5.91 Å². The summed E-state index contributed by atoms with van der Waals surface area (Å²) in [6.45, 7) is 5.20. The highest BCUT2D eigenvalue weighted by Gasteiger charge is 2.38. The number of aliphatic carboxylic acids is 1. The minimum absolute atomic E-state index is 0.123. The zero-order chi connectivity index (χ0) is 23.1. The lowest BCUT2D eigenvalue weighted by Crippen LogP contribution is -2.42. The van der Waals surface area contributed by atoms with Crippen molar-refractivity contribution < 1.29 is 32.3 Å². The van der Waals surface area contributed by atoms with E-state index in [0.717, 1.165) is 49.4 Å². The average molecular weight is 449 g/mol. The number of amides is 1. The lowest BCUT2D eigenvalue weighted by molar-refractivity contribution is -0.192. The van der Waals surface area contributed by atoms with Crippen LogP contribution >= 0.6 is 0 Å². The van der Waals surface area contributed by atoms with E-state index in [9.17, 15) is 18.0 Å². The molecule has 4 rings (SSSR count). The van der Waals surface area contributed by atoms with Crippen LogP contribution in [0.3, 0.4) is 0 Å². The normalized spacial score (nSPS) is 14.5. The molecule has 0 unspecified atom stereocenters. The highest BCUT2D eigenvalue weighted by molar-refractivity contribution is 6.12. The fourth-order valence-corrected chi connectivity index (χ4v) is 3.21. The molecular formula is C22H22F3N3O4. The Balaban J connectivity index is 0.000000360. The molecule has 2 heterocycles. The molecule has 32 heavy (non-hydrogen) atoms. The topological polar surface area (TPSA) is 94.8 Å². The van der Waals surface area contributed by atoms with E-state index >= 15 is 0 Å². The molecule has 1 saturated heterocycles. The fourth-order valence-electron chi connectivity index (χ4n) is 3.21. The number of carbonyl (C=O) groups is 2. The van der Waals surface area contributed by atoms with Gasteiger partial charge in [0, 0.05) is 43.8 Å². The maximum absolute atomic E-state index is 12.6. The van der Waals surface area contributed by atoms with E-state index in [-0.39, 0.29) is 5.91 Å². The summed E-state index contributed by atoms with van der Waals surface area (Å²) < 4.78 is 37.1. The van der Waals surface area contributed by atoms with Crippen LogP contribution in [0.15, 0.2) is 59.2 Å². The Hall–Kier alpha value is -3.37. The van der Waals surface area contributed by atoms with Gasteiger partial charge in [-0.1, -0.05) is 18.2 Å². The first-order valence-electron chi connectivity index (χ1n) is 9.84. The molecule has 170 valence electrons. The van der Waals surface area contributed by atoms with Crippen LogP contribution in [-0.4, -0.2) is 54.2 Å². The second-order valence-electron chi connectivity index (χ2n) is 7.12. The predicted octanol–water partition coefficient (Wildman–Crippen LogP) is 3.72. The van der Waals surface area contributed by atoms with Crippen LogP contribution in [0, 0.1) is 0 Å². The minimum atomic E-state index is -5.08. The van der Waals surface area contributed by atoms with Crippen molar-refractivity contribution in [3.8, 4) is 0 Å². The van der Waals surface area contributed by atoms with E-state index in [1.165, 1.54) is 5.56 Å². The maximum Gasteiger partial charge on any atom is 0.490 e. The van der Waals surface area contributed by atoms with E-state index < -0.39 is 12.1 Å². The fraction of sp³-hybridized carbons (Fsp3) is 0.273. The first kappa shape index (κ1) is 23.3. The Morgan fingerprint density at radius 3 is 2.34 bits per heavy atom. The summed E-state index contributed by atoms with van der Waals surface area (Å²) in [5.74, 6) is -2.88. The number of nitrogens with zero attached hydrogens (tertiary/aromatic N) is 1. The average Bonchev–Trinajstić information content (AvgIpc) is 3.24. The molecule has 0 radical (unpaired) electrons. The van der Waals surface area contributed by atoms with Gasteiger partial charge in [0.15, 0.2) is 0 Å². The number of furan rings is 1. The van der Waals surface area contributed by atoms with Crippen molar-refractivity contribution in [2.75, 3.05) is 31.5 Å². The maximum atomic E-state index is 12.6. The quantitative estimate of drug-likeness (QED) is 0.562. The summed E-state index contributed by atoms with van der Waals surface area (Å²) in [6, 6.07) is 15.4. The van der Waals surface area contributed by atoms with E-state index in [4.69, 9.17) is 14.3 Å². The zero-order valence-corrected chi connectivity index (χ0v) is 17.0. The lowest BCUT2D eigenvalue weighted by Gasteiger charge is -2.27. The number of benzene rings is 2. The highest BCUT2D eigenvalue weighted by Crippen LogP contribution is 2.21. The molecule has 0 atom stereocenters. The largest absolute Gasteiger partial charge is 0.490 e. The molecule has 0 spiro atoms. The van der Waals surface area contributed by atoms with E-state index in [1.807, 2.05) is 36.4 Å². The summed E-state index contributed by atoms with van der Waals surface area (Å²) in [5.41, 5.74) is 3.40. The van der Waals surface area contributed by atoms with Crippen molar-refractivity contribution in [2.24, 2.45) is 0 Å². The Bertz CT molecular complexity index is 1060. The van der Waals surface area contributed by atoms with Crippen molar-refractivity contribution >= 4 is 28.5 Å². The van der Waals surface area contributed by atoms with E-state index in [1.54, 1.807) is 6.26 Å². The molecular weight excluding hydrogens is 427 g/mol. The first-order chi connectivity index (χ1) is 15.2. The van der Waals surface area contributed by atoms with Gasteiger partial charge >= 0.3 is 12.1 Å². The monoisotopic (exact) mass is 449 g/mol. The predicted molar refractivity (Wildman–Crippen MR) is 112 cm³/mol. The number of fused-ring (bicyclic) bond motifs is 1. The van der Waals surface area contributed by atoms with Gasteiger partial charge in [-0.2, -0.15) is 13.2 Å². The number of rotatable bonds is 4. The van der Waals surface area contributed by atoms with Gasteiger partial charge in [0.2, 0.25) is 0 Å². The third kappa shape index (κ3) is 6.32. The third-order valence-electron chi connectivity index (χ3n) is 4.81. The molecule has 1 fully saturated rings. The third-order valence-corrected chi connectivity index (χ3v) is 4.81. The highest BCUT2D eigenvalue weighted by atomic mass is 19.4. The van der Waals surface area contributed by atoms with Crippen LogP contribution in [0.2, 0.25) is 0 Å². The number of nitrogens with one attached hydrogen (secondary N) is 2. The molecule has 0 saturated carbocycles. The second kappa shape index (κ2) is 10.3. The number of piperazine rings is 1. The molecule has 2 aromatic carbocycles. The van der Waals surface area contributed by atoms with Gasteiger partial charge in [-0.05, 0) is 35.9 Å². The molecule has 1 aromatic heterocycles. The van der Waals surface area contributed by atoms with Gasteiger partial charge in [0.1, 0.15) is 5.58 Å². The molecule has 10 heteroatoms. The molecule has 0 aliphatic carbocycles. The Morgan fingerprint density at radius 2 is 1.72 bits per heavy atom. The lowest BCUT2D eigenvalue weighted by atomic mass is 10.1. The van der Waals surface area contributed by atoms with Gasteiger partial charge in [-0.3, -0.25) is 9.69 Å². The standard InChI is InChI=1S/C20H21N3O2.C2HF3O2/c24-20(18-2-1-3-19-17(18)8-13-25-19)22-16-6-4-15(5-7-16)14-23-11-9-21-10-12-23;3-2(4,5)1(6)7/h1-8,13,21H,9-12,14H2,(H,22,24);(H,6,7). The number of hydrogen-bond acceptors (Lipinski definition) is 5. The molecule has 3 N–H and O–H groups in total. The van der Waals surface area contributed by atoms with Crippen molar-refractivity contribution in [2.45, 2.75) is 12.7 Å². The second-order valence-corrected chi connectivity index (χ2v) is 7.12. The van der Waals surface area contributed by atoms with E-state index in [0.29, 0.717) is 5.56 Å². The summed E-state index contributed by atoms with van der Waals surface area (Å²) in [4.78, 5) is 23.9. The van der Waals surface area contributed by atoms with Gasteiger partial charge in [-0.15, -0.1) is 0 Å². The number of halogens is 3. The smallest absolute Gasteiger partial charge is 0.475 e. The SMILES string of the molecule is O=C(Nc1ccc(CN2CCNCC2)cc1)c1cccc2occc12.O=C(O)C(F)(F)F. The molecule has 3 aromatic rings. The van der Waals surface area contributed by atoms with Crippen molar-refractivity contribution in [1.29, 1.82) is 0 Å². The van der Waals surface area contributed by atoms with Crippen molar-refractivity contribution in [1.82, 2.24) is 10.2 Å². The van der Waals surface area contributed by atoms with Crippen molar-refractivity contribution in [3.63, 3.8) is 0 Å². The number of alkyl halides is 3. The van der Waals surface area contributed by atoms with Crippen LogP contribution in [0.5, 0.6) is 0 Å². The molecule has 1 aliphatic rings. The Labute approximate surface area is 181 Å². The van der Waals surface area contributed by atoms with Crippen LogP contribution < -0.4 is 10.6 Å². The number of anilines is 1. The molecule has 1 amide bonds. The van der Waals surface area contributed by atoms with Crippen LogP contribution in [0.4, 0.5) is 18.9 Å². The van der Waals surface area contributed by atoms with Crippen LogP contribution in [-0.2, 0) is 11.3 Å². The van der Waals surface area contributed by atoms with E-state index in [2.05, 4.69) is 27.7 Å². The zero-order valence-electron chi connectivity index (χ0n) is 17.0. The summed E-state index contributed by atoms with van der Waals surface area (Å²) >= 11 is 0. The summed E-state index contributed by atoms with van der Waals surface area (Å²) in [6.07, 6.45) is -3.48. The summed E-state index contributed by atoms with van der Waals surface area (Å²) in [7, 11) is 0. The Kier molecular flexibility index (Phi) is 7.49. The molecule has 7 nitrogen and oxygen atoms in total. The number of carboxylic acid groups (broad SMARTS) is 1. The summed E-state index contributed by atoms with van der Waals surface area (Å²) in [5, 5.41) is 14.3. The van der Waals surface area contributed by atoms with Crippen molar-refractivity contribution in [3.05, 3.63) is 65.9 Å². The Morgan fingerprint density at radius 1 is 1.06 bits per heavy atom. The van der Waals surface area contributed by atoms with Crippen LogP contribution in [0.25, 0.3) is 11.0 Å². The van der Waals surface area contributed by atoms with Gasteiger partial charge < -0.3 is 20.2 Å². The number of hydrogen-bond donors (Lipinski definition) is 3. The molecule has 0 bridgehead atoms. The van der Waals surface area contributed by atoms with Gasteiger partial charge in [0.05, 0.1) is 11.8 Å². The number of carboxylic acids is 1. The first-order valence-corrected chi connectivity index (χ1v) is 9.84. The van der Waals surface area contributed by atoms with Gasteiger partial charge in [-0.25, -0.2) is 4.79 Å². The number of carbonyl (C=O) groups excluding carboxylic acids is 1. The van der Waals surface area contributed by atoms with Crippen LogP contribution in [0.1, 0.15) is 15.9 Å². The molecule has 1 aliphatic heterocycles.